The van der Waals surface area contributed by atoms with Crippen LogP contribution in [-0.2, 0) is 22.7 Å². The number of phosphoric acid groups is 2. The highest BCUT2D eigenvalue weighted by atomic mass is 31.3. The molecule has 0 saturated carbocycles. The van der Waals surface area contributed by atoms with E-state index in [1.807, 2.05) is 0 Å². The third-order valence-corrected chi connectivity index (χ3v) is 5.66. The lowest BCUT2D eigenvalue weighted by atomic mass is 10.2. The molecule has 3 rings (SSSR count). The summed E-state index contributed by atoms with van der Waals surface area (Å²) in [6, 6.07) is 0. The van der Waals surface area contributed by atoms with Crippen LogP contribution >= 0.6 is 15.6 Å². The molecule has 0 amide bonds. The van der Waals surface area contributed by atoms with Crippen molar-refractivity contribution in [1.29, 1.82) is 0 Å². The van der Waals surface area contributed by atoms with Crippen LogP contribution < -0.4 is 5.73 Å². The van der Waals surface area contributed by atoms with Gasteiger partial charge in [0.2, 0.25) is 0 Å². The van der Waals surface area contributed by atoms with E-state index in [9.17, 15) is 19.1 Å². The Kier molecular flexibility index (Phi) is 5.14. The molecule has 1 fully saturated rings. The van der Waals surface area contributed by atoms with Gasteiger partial charge >= 0.3 is 15.6 Å². The van der Waals surface area contributed by atoms with Crippen LogP contribution in [0.5, 0.6) is 0 Å². The average Bonchev–Trinajstić information content (AvgIpc) is 3.07. The predicted molar refractivity (Wildman–Crippen MR) is 83.2 cm³/mol. The van der Waals surface area contributed by atoms with Crippen LogP contribution in [0.4, 0.5) is 5.82 Å². The zero-order valence-corrected chi connectivity index (χ0v) is 14.7. The first-order chi connectivity index (χ1) is 12.1. The van der Waals surface area contributed by atoms with E-state index in [4.69, 9.17) is 20.3 Å². The highest BCUT2D eigenvalue weighted by Crippen LogP contribution is 2.57. The molecule has 16 heteroatoms. The van der Waals surface area contributed by atoms with E-state index < -0.39 is 40.7 Å². The summed E-state index contributed by atoms with van der Waals surface area (Å²) in [6.45, 7) is -0.644. The number of ether oxygens (including phenoxy) is 1. The Morgan fingerprint density at radius 2 is 2.04 bits per heavy atom. The Labute approximate surface area is 145 Å². The number of phosphoric ester groups is 1. The van der Waals surface area contributed by atoms with E-state index in [0.717, 1.165) is 0 Å². The van der Waals surface area contributed by atoms with Gasteiger partial charge in [0.05, 0.1) is 19.0 Å². The molecular weight excluding hydrogens is 396 g/mol. The highest BCUT2D eigenvalue weighted by Gasteiger charge is 2.39. The topological polar surface area (TPSA) is 212 Å². The van der Waals surface area contributed by atoms with E-state index in [2.05, 4.69) is 23.8 Å². The monoisotopic (exact) mass is 411 g/mol. The van der Waals surface area contributed by atoms with Gasteiger partial charge in [-0.25, -0.2) is 24.1 Å². The zero-order valence-electron chi connectivity index (χ0n) is 12.9. The number of hydrogen-bond donors (Lipinski definition) is 5. The van der Waals surface area contributed by atoms with Crippen LogP contribution in [0.15, 0.2) is 12.7 Å². The lowest BCUT2D eigenvalue weighted by Crippen LogP contribution is -2.26. The molecule has 14 nitrogen and oxygen atoms in total. The van der Waals surface area contributed by atoms with Crippen molar-refractivity contribution in [3.05, 3.63) is 12.7 Å². The third kappa shape index (κ3) is 4.26. The summed E-state index contributed by atoms with van der Waals surface area (Å²) in [6.07, 6.45) is -0.158. The van der Waals surface area contributed by atoms with Crippen molar-refractivity contribution in [3.63, 3.8) is 0 Å². The van der Waals surface area contributed by atoms with Gasteiger partial charge in [-0.3, -0.25) is 9.09 Å². The number of imidazole rings is 1. The number of fused-ring (bicyclic) bond motifs is 1. The fourth-order valence-electron chi connectivity index (χ4n) is 2.44. The Morgan fingerprint density at radius 1 is 1.31 bits per heavy atom. The molecule has 2 aromatic heterocycles. The van der Waals surface area contributed by atoms with Gasteiger partial charge in [0.15, 0.2) is 11.5 Å². The number of hydrogen-bond acceptors (Lipinski definition) is 10. The SMILES string of the molecule is Nc1ncnc2c1ncn2[C@@H]1C[C@@H](O)[C@H](COP(=O)(O)OP(=O)(O)O)O1. The lowest BCUT2D eigenvalue weighted by Gasteiger charge is -2.18. The number of aliphatic hydroxyl groups is 1. The van der Waals surface area contributed by atoms with Crippen molar-refractivity contribution in [2.75, 3.05) is 12.3 Å². The van der Waals surface area contributed by atoms with Crippen LogP contribution in [0, 0.1) is 0 Å². The number of aliphatic hydroxyl groups excluding tert-OH is 1. The maximum absolute atomic E-state index is 11.5. The van der Waals surface area contributed by atoms with Crippen molar-refractivity contribution in [3.8, 4) is 0 Å². The molecule has 4 atom stereocenters. The van der Waals surface area contributed by atoms with Crippen LogP contribution in [0.1, 0.15) is 12.6 Å². The van der Waals surface area contributed by atoms with Gasteiger partial charge in [0.1, 0.15) is 24.2 Å². The van der Waals surface area contributed by atoms with Gasteiger partial charge < -0.3 is 30.3 Å². The minimum Gasteiger partial charge on any atom is -0.390 e. The van der Waals surface area contributed by atoms with Gasteiger partial charge in [-0.15, -0.1) is 0 Å². The molecule has 0 radical (unpaired) electrons. The van der Waals surface area contributed by atoms with Gasteiger partial charge in [-0.1, -0.05) is 0 Å². The van der Waals surface area contributed by atoms with Gasteiger partial charge in [0.25, 0.3) is 0 Å². The molecule has 0 bridgehead atoms. The van der Waals surface area contributed by atoms with Crippen LogP contribution in [0.25, 0.3) is 11.2 Å². The molecule has 144 valence electrons. The van der Waals surface area contributed by atoms with Gasteiger partial charge in [0, 0.05) is 6.42 Å². The number of nitrogens with zero attached hydrogens (tertiary/aromatic N) is 4. The molecule has 0 aliphatic carbocycles. The summed E-state index contributed by atoms with van der Waals surface area (Å²) in [5.41, 5.74) is 6.41. The standard InChI is InChI=1S/C10H15N5O9P2/c11-9-8-10(13-3-12-9)15(4-14-8)7-1-5(16)6(23-7)2-22-26(20,21)24-25(17,18)19/h3-7,16H,1-2H2,(H,20,21)(H2,11,12,13)(H2,17,18,19)/t5-,6+,7+/m1/s1. The van der Waals surface area contributed by atoms with E-state index >= 15 is 0 Å². The summed E-state index contributed by atoms with van der Waals surface area (Å²) in [7, 11) is -10.3. The van der Waals surface area contributed by atoms with Crippen molar-refractivity contribution >= 4 is 32.6 Å². The largest absolute Gasteiger partial charge is 0.481 e. The predicted octanol–water partition coefficient (Wildman–Crippen LogP) is -0.717. The van der Waals surface area contributed by atoms with Crippen LogP contribution in [0.2, 0.25) is 0 Å². The number of nitrogen functional groups attached to an aromatic ring is 1. The normalized spacial score (nSPS) is 26.2. The summed E-state index contributed by atoms with van der Waals surface area (Å²) in [4.78, 5) is 38.3. The first-order valence-corrected chi connectivity index (χ1v) is 10.1. The molecule has 0 spiro atoms. The molecule has 3 heterocycles. The van der Waals surface area contributed by atoms with Gasteiger partial charge in [-0.2, -0.15) is 4.31 Å². The Bertz CT molecular complexity index is 900. The van der Waals surface area contributed by atoms with E-state index in [1.54, 1.807) is 0 Å². The quantitative estimate of drug-likeness (QED) is 0.372. The average molecular weight is 411 g/mol. The number of anilines is 1. The number of rotatable bonds is 6. The van der Waals surface area contributed by atoms with E-state index in [0.29, 0.717) is 11.2 Å². The Morgan fingerprint density at radius 3 is 2.73 bits per heavy atom. The fourth-order valence-corrected chi connectivity index (χ4v) is 4.04. The second-order valence-corrected chi connectivity index (χ2v) is 8.18. The molecule has 1 saturated heterocycles. The van der Waals surface area contributed by atoms with Crippen molar-refractivity contribution < 1.29 is 42.5 Å². The van der Waals surface area contributed by atoms with Crippen LogP contribution in [-0.4, -0.2) is 58.1 Å². The second-order valence-electron chi connectivity index (χ2n) is 5.35. The zero-order chi connectivity index (χ0) is 19.1. The fraction of sp³-hybridized carbons (Fsp3) is 0.500. The van der Waals surface area contributed by atoms with Gasteiger partial charge in [-0.05, 0) is 0 Å². The smallest absolute Gasteiger partial charge is 0.390 e. The number of aromatic nitrogens is 4. The van der Waals surface area contributed by atoms with E-state index in [1.165, 1.54) is 17.2 Å². The Balaban J connectivity index is 1.69. The molecular formula is C10H15N5O9P2. The molecule has 26 heavy (non-hydrogen) atoms. The third-order valence-electron chi connectivity index (χ3n) is 3.51. The van der Waals surface area contributed by atoms with Crippen molar-refractivity contribution in [1.82, 2.24) is 19.5 Å². The summed E-state index contributed by atoms with van der Waals surface area (Å²) < 4.78 is 37.3. The maximum Gasteiger partial charge on any atom is 0.481 e. The molecule has 6 N–H and O–H groups in total. The molecule has 0 aromatic carbocycles. The maximum atomic E-state index is 11.5. The first kappa shape index (κ1) is 19.3. The minimum absolute atomic E-state index is 0.0818. The van der Waals surface area contributed by atoms with Crippen LogP contribution in [0.3, 0.4) is 0 Å². The second kappa shape index (κ2) is 6.93. The number of nitrogens with two attached hydrogens (primary N) is 1. The first-order valence-electron chi connectivity index (χ1n) is 7.06. The Hall–Kier alpha value is -1.47. The minimum atomic E-state index is -5.23. The lowest BCUT2D eigenvalue weighted by molar-refractivity contribution is -0.0423. The highest BCUT2D eigenvalue weighted by molar-refractivity contribution is 7.60. The van der Waals surface area contributed by atoms with Crippen molar-refractivity contribution in [2.45, 2.75) is 24.9 Å². The molecule has 2 aromatic rings. The summed E-state index contributed by atoms with van der Waals surface area (Å²) in [5, 5.41) is 10.1. The molecule has 1 unspecified atom stereocenters. The summed E-state index contributed by atoms with van der Waals surface area (Å²) >= 11 is 0. The van der Waals surface area contributed by atoms with Crippen molar-refractivity contribution in [2.24, 2.45) is 0 Å². The summed E-state index contributed by atoms with van der Waals surface area (Å²) in [5.74, 6) is 0.169. The van der Waals surface area contributed by atoms with E-state index in [-0.39, 0.29) is 12.2 Å². The molecule has 1 aliphatic rings. The molecule has 1 aliphatic heterocycles.